The molecule has 6 nitrogen and oxygen atoms in total. The van der Waals surface area contributed by atoms with Crippen molar-refractivity contribution < 1.29 is 32.3 Å². The smallest absolute Gasteiger partial charge is 0.361 e. The van der Waals surface area contributed by atoms with Crippen molar-refractivity contribution in [3.63, 3.8) is 0 Å². The standard InChI is InChI=1S/C19H15F3N2O4/c20-19(21,22)11-28-12-5-8-18(9-6-12)10-7-15(25)24(18)23-16(26)13-3-1-2-4-14(13)17(23)27/h1-6,8-9,12H,7,10-11H2. The Morgan fingerprint density at radius 1 is 1.04 bits per heavy atom. The molecule has 0 saturated carbocycles. The summed E-state index contributed by atoms with van der Waals surface area (Å²) in [4.78, 5) is 38.1. The van der Waals surface area contributed by atoms with E-state index in [9.17, 15) is 27.6 Å². The van der Waals surface area contributed by atoms with Gasteiger partial charge in [-0.05, 0) is 18.6 Å². The van der Waals surface area contributed by atoms with Crippen LogP contribution in [-0.4, -0.2) is 52.2 Å². The van der Waals surface area contributed by atoms with E-state index in [2.05, 4.69) is 0 Å². The van der Waals surface area contributed by atoms with E-state index in [4.69, 9.17) is 4.74 Å². The molecule has 1 aromatic rings. The second kappa shape index (κ2) is 6.30. The van der Waals surface area contributed by atoms with Crippen LogP contribution in [0.4, 0.5) is 13.2 Å². The lowest BCUT2D eigenvalue weighted by atomic mass is 9.91. The number of carbonyl (C=O) groups is 3. The second-order valence-electron chi connectivity index (χ2n) is 6.77. The Morgan fingerprint density at radius 2 is 1.61 bits per heavy atom. The van der Waals surface area contributed by atoms with Gasteiger partial charge < -0.3 is 4.74 Å². The number of imide groups is 1. The van der Waals surface area contributed by atoms with Crippen molar-refractivity contribution in [3.05, 3.63) is 59.7 Å². The predicted octanol–water partition coefficient (Wildman–Crippen LogP) is 2.63. The third-order valence-corrected chi connectivity index (χ3v) is 4.93. The van der Waals surface area contributed by atoms with Gasteiger partial charge in [0.25, 0.3) is 11.8 Å². The van der Waals surface area contributed by atoms with Crippen LogP contribution in [0, 0.1) is 0 Å². The van der Waals surface area contributed by atoms with Crippen LogP contribution in [0.3, 0.4) is 0 Å². The molecule has 4 rings (SSSR count). The number of rotatable bonds is 3. The van der Waals surface area contributed by atoms with Gasteiger partial charge in [0.1, 0.15) is 12.1 Å². The topological polar surface area (TPSA) is 66.9 Å². The van der Waals surface area contributed by atoms with Crippen molar-refractivity contribution in [2.45, 2.75) is 30.7 Å². The van der Waals surface area contributed by atoms with Gasteiger partial charge in [-0.1, -0.05) is 36.4 Å². The summed E-state index contributed by atoms with van der Waals surface area (Å²) in [5, 5.41) is 1.93. The van der Waals surface area contributed by atoms with Crippen LogP contribution in [-0.2, 0) is 9.53 Å². The van der Waals surface area contributed by atoms with Crippen LogP contribution in [0.2, 0.25) is 0 Å². The van der Waals surface area contributed by atoms with Crippen molar-refractivity contribution in [2.75, 3.05) is 6.61 Å². The lowest BCUT2D eigenvalue weighted by molar-refractivity contribution is -0.177. The van der Waals surface area contributed by atoms with Crippen molar-refractivity contribution in [3.8, 4) is 0 Å². The third kappa shape index (κ3) is 2.91. The lowest BCUT2D eigenvalue weighted by Gasteiger charge is -2.39. The van der Waals surface area contributed by atoms with Crippen molar-refractivity contribution >= 4 is 17.7 Å². The average molecular weight is 392 g/mol. The number of hydrogen-bond donors (Lipinski definition) is 0. The van der Waals surface area contributed by atoms with Gasteiger partial charge in [-0.15, -0.1) is 0 Å². The number of carbonyl (C=O) groups excluding carboxylic acids is 3. The number of fused-ring (bicyclic) bond motifs is 1. The van der Waals surface area contributed by atoms with E-state index in [0.717, 1.165) is 10.0 Å². The fraction of sp³-hybridized carbons (Fsp3) is 0.316. The second-order valence-corrected chi connectivity index (χ2v) is 6.77. The summed E-state index contributed by atoms with van der Waals surface area (Å²) in [6.45, 7) is -1.40. The first-order chi connectivity index (χ1) is 13.2. The summed E-state index contributed by atoms with van der Waals surface area (Å²) in [6.07, 6.45) is 0.850. The van der Waals surface area contributed by atoms with E-state index in [0.29, 0.717) is 0 Å². The van der Waals surface area contributed by atoms with Crippen LogP contribution in [0.25, 0.3) is 0 Å². The number of hydrogen-bond acceptors (Lipinski definition) is 4. The molecule has 2 heterocycles. The predicted molar refractivity (Wildman–Crippen MR) is 89.8 cm³/mol. The van der Waals surface area contributed by atoms with Crippen LogP contribution in [0.1, 0.15) is 33.6 Å². The SMILES string of the molecule is O=C1c2ccccc2C(=O)N1N1C(=O)CCC12C=CC(OCC(F)(F)F)C=C2. The Kier molecular flexibility index (Phi) is 4.15. The van der Waals surface area contributed by atoms with Crippen molar-refractivity contribution in [1.82, 2.24) is 10.0 Å². The number of hydrazine groups is 1. The number of amides is 3. The van der Waals surface area contributed by atoms with E-state index < -0.39 is 42.1 Å². The molecule has 0 N–H and O–H groups in total. The van der Waals surface area contributed by atoms with Gasteiger partial charge in [-0.25, -0.2) is 5.01 Å². The molecule has 0 unspecified atom stereocenters. The number of halogens is 3. The molecule has 1 aromatic carbocycles. The van der Waals surface area contributed by atoms with Gasteiger partial charge in [-0.2, -0.15) is 18.2 Å². The van der Waals surface area contributed by atoms with Gasteiger partial charge in [0.2, 0.25) is 5.91 Å². The highest BCUT2D eigenvalue weighted by molar-refractivity contribution is 6.21. The summed E-state index contributed by atoms with van der Waals surface area (Å²) in [5.41, 5.74) is -0.683. The highest BCUT2D eigenvalue weighted by Gasteiger charge is 2.52. The molecule has 2 aliphatic heterocycles. The largest absolute Gasteiger partial charge is 0.411 e. The Balaban J connectivity index is 1.60. The summed E-state index contributed by atoms with van der Waals surface area (Å²) < 4.78 is 41.8. The Bertz CT molecular complexity index is 873. The Morgan fingerprint density at radius 3 is 2.14 bits per heavy atom. The van der Waals surface area contributed by atoms with E-state index in [-0.39, 0.29) is 24.0 Å². The van der Waals surface area contributed by atoms with Gasteiger partial charge in [0, 0.05) is 6.42 Å². The Hall–Kier alpha value is -2.94. The number of alkyl halides is 3. The molecule has 1 saturated heterocycles. The molecule has 0 aromatic heterocycles. The molecular weight excluding hydrogens is 377 g/mol. The van der Waals surface area contributed by atoms with Crippen LogP contribution in [0.15, 0.2) is 48.6 Å². The Labute approximate surface area is 157 Å². The normalized spacial score (nSPS) is 26.7. The molecule has 28 heavy (non-hydrogen) atoms. The molecule has 0 atom stereocenters. The number of benzene rings is 1. The van der Waals surface area contributed by atoms with Crippen LogP contribution >= 0.6 is 0 Å². The fourth-order valence-corrected chi connectivity index (χ4v) is 3.66. The monoisotopic (exact) mass is 392 g/mol. The molecule has 9 heteroatoms. The fourth-order valence-electron chi connectivity index (χ4n) is 3.66. The maximum atomic E-state index is 12.8. The third-order valence-electron chi connectivity index (χ3n) is 4.93. The zero-order chi connectivity index (χ0) is 20.1. The van der Waals surface area contributed by atoms with Crippen molar-refractivity contribution in [1.29, 1.82) is 0 Å². The van der Waals surface area contributed by atoms with E-state index in [1.807, 2.05) is 0 Å². The van der Waals surface area contributed by atoms with E-state index >= 15 is 0 Å². The van der Waals surface area contributed by atoms with Crippen LogP contribution < -0.4 is 0 Å². The first-order valence-electron chi connectivity index (χ1n) is 8.60. The molecule has 1 aliphatic carbocycles. The van der Waals surface area contributed by atoms with E-state index in [1.54, 1.807) is 12.1 Å². The maximum Gasteiger partial charge on any atom is 0.411 e. The van der Waals surface area contributed by atoms with Gasteiger partial charge in [-0.3, -0.25) is 14.4 Å². The highest BCUT2D eigenvalue weighted by Crippen LogP contribution is 2.39. The minimum Gasteiger partial charge on any atom is -0.361 e. The molecule has 1 spiro atoms. The van der Waals surface area contributed by atoms with Gasteiger partial charge in [0.15, 0.2) is 0 Å². The number of nitrogens with zero attached hydrogens (tertiary/aromatic N) is 2. The minimum absolute atomic E-state index is 0.0934. The van der Waals surface area contributed by atoms with Crippen molar-refractivity contribution in [2.24, 2.45) is 0 Å². The summed E-state index contributed by atoms with van der Waals surface area (Å²) in [7, 11) is 0. The lowest BCUT2D eigenvalue weighted by Crippen LogP contribution is -2.56. The summed E-state index contributed by atoms with van der Waals surface area (Å²) in [6, 6.07) is 6.27. The first kappa shape index (κ1) is 18.4. The summed E-state index contributed by atoms with van der Waals surface area (Å²) >= 11 is 0. The first-order valence-corrected chi connectivity index (χ1v) is 8.60. The molecule has 3 aliphatic rings. The van der Waals surface area contributed by atoms with Gasteiger partial charge >= 0.3 is 6.18 Å². The number of ether oxygens (including phenoxy) is 1. The zero-order valence-corrected chi connectivity index (χ0v) is 14.5. The highest BCUT2D eigenvalue weighted by atomic mass is 19.4. The molecule has 3 amide bonds. The zero-order valence-electron chi connectivity index (χ0n) is 14.5. The maximum absolute atomic E-state index is 12.8. The molecule has 146 valence electrons. The molecule has 0 bridgehead atoms. The molecule has 0 radical (unpaired) electrons. The molecule has 1 fully saturated rings. The quantitative estimate of drug-likeness (QED) is 0.586. The average Bonchev–Trinajstić information content (AvgIpc) is 3.09. The minimum atomic E-state index is -4.45. The van der Waals surface area contributed by atoms with Crippen LogP contribution in [0.5, 0.6) is 0 Å². The molecular formula is C19H15F3N2O4. The van der Waals surface area contributed by atoms with Gasteiger partial charge in [0.05, 0.1) is 17.2 Å². The van der Waals surface area contributed by atoms with E-state index in [1.165, 1.54) is 36.4 Å². The summed E-state index contributed by atoms with van der Waals surface area (Å²) in [5.74, 6) is -1.63.